The van der Waals surface area contributed by atoms with Crippen molar-refractivity contribution in [3.8, 4) is 0 Å². The maximum absolute atomic E-state index is 10.8. The van der Waals surface area contributed by atoms with Gasteiger partial charge in [-0.2, -0.15) is 0 Å². The lowest BCUT2D eigenvalue weighted by Crippen LogP contribution is -2.56. The number of carbonyl (C=O) groups is 1. The molecular weight excluding hydrogens is 164 g/mol. The highest BCUT2D eigenvalue weighted by Crippen LogP contribution is 1.97. The predicted octanol–water partition coefficient (Wildman–Crippen LogP) is -1.08. The third kappa shape index (κ3) is 3.47. The van der Waals surface area contributed by atoms with Crippen molar-refractivity contribution in [2.45, 2.75) is 6.55 Å². The van der Waals surface area contributed by atoms with Gasteiger partial charge in [-0.05, 0) is 6.55 Å². The number of rotatable bonds is 4. The molecule has 0 aliphatic rings. The zero-order valence-electron chi connectivity index (χ0n) is 7.01. The Kier molecular flexibility index (Phi) is 4.27. The lowest BCUT2D eigenvalue weighted by atomic mass is 10.7. The first-order valence-electron chi connectivity index (χ1n) is 3.19. The van der Waals surface area contributed by atoms with Crippen LogP contribution in [0.2, 0.25) is 6.55 Å². The Balaban J connectivity index is 3.96. The van der Waals surface area contributed by atoms with Gasteiger partial charge in [0.05, 0.1) is 6.54 Å². The van der Waals surface area contributed by atoms with E-state index in [0.29, 0.717) is 0 Å². The van der Waals surface area contributed by atoms with Gasteiger partial charge in [-0.3, -0.25) is 4.79 Å². The molecule has 0 spiro atoms. The van der Waals surface area contributed by atoms with Crippen LogP contribution in [0.15, 0.2) is 0 Å². The molecule has 0 heterocycles. The molecule has 0 fully saturated rings. The Morgan fingerprint density at radius 1 is 1.55 bits per heavy atom. The standard InChI is InChI=1S/C5H14N2O3Si/c1-9-11(3,10-2)7-5(8)4-6/h4,6H2,1-3H3,(H,7,8). The van der Waals surface area contributed by atoms with Gasteiger partial charge in [-0.15, -0.1) is 0 Å². The van der Waals surface area contributed by atoms with Crippen LogP contribution in [0.5, 0.6) is 0 Å². The van der Waals surface area contributed by atoms with Crippen molar-refractivity contribution in [3.05, 3.63) is 0 Å². The summed E-state index contributed by atoms with van der Waals surface area (Å²) in [5.41, 5.74) is 5.09. The normalized spacial score (nSPS) is 11.3. The molecule has 3 N–H and O–H groups in total. The molecule has 0 aromatic heterocycles. The topological polar surface area (TPSA) is 73.6 Å². The van der Waals surface area contributed by atoms with Crippen molar-refractivity contribution in [2.24, 2.45) is 5.73 Å². The van der Waals surface area contributed by atoms with Crippen molar-refractivity contribution < 1.29 is 13.6 Å². The Morgan fingerprint density at radius 2 is 2.00 bits per heavy atom. The van der Waals surface area contributed by atoms with Gasteiger partial charge in [0.25, 0.3) is 0 Å². The second-order valence-electron chi connectivity index (χ2n) is 2.11. The molecule has 5 nitrogen and oxygen atoms in total. The lowest BCUT2D eigenvalue weighted by Gasteiger charge is -2.22. The number of nitrogens with one attached hydrogen (secondary N) is 1. The Bertz CT molecular complexity index is 138. The third-order valence-electron chi connectivity index (χ3n) is 1.33. The van der Waals surface area contributed by atoms with Gasteiger partial charge in [0.15, 0.2) is 0 Å². The highest BCUT2D eigenvalue weighted by molar-refractivity contribution is 6.65. The van der Waals surface area contributed by atoms with Crippen LogP contribution < -0.4 is 10.7 Å². The Hall–Kier alpha value is -0.433. The molecule has 0 saturated carbocycles. The van der Waals surface area contributed by atoms with Crippen LogP contribution in [0.1, 0.15) is 0 Å². The summed E-state index contributed by atoms with van der Waals surface area (Å²) in [6.45, 7) is 1.68. The first-order valence-corrected chi connectivity index (χ1v) is 5.51. The first-order chi connectivity index (χ1) is 5.08. The summed E-state index contributed by atoms with van der Waals surface area (Å²) < 4.78 is 9.98. The minimum atomic E-state index is -2.46. The average molecular weight is 178 g/mol. The summed E-state index contributed by atoms with van der Waals surface area (Å²) in [7, 11) is 0.524. The summed E-state index contributed by atoms with van der Waals surface area (Å²) >= 11 is 0. The second kappa shape index (κ2) is 4.45. The van der Waals surface area contributed by atoms with E-state index in [-0.39, 0.29) is 12.5 Å². The number of hydrogen-bond donors (Lipinski definition) is 2. The van der Waals surface area contributed by atoms with Gasteiger partial charge in [0.2, 0.25) is 5.91 Å². The average Bonchev–Trinajstić information content (AvgIpc) is 2.04. The van der Waals surface area contributed by atoms with Crippen LogP contribution in [0.4, 0.5) is 0 Å². The zero-order chi connectivity index (χ0) is 8.91. The third-order valence-corrected chi connectivity index (χ3v) is 3.62. The maximum Gasteiger partial charge on any atom is 0.455 e. The second-order valence-corrected chi connectivity index (χ2v) is 5.06. The van der Waals surface area contributed by atoms with Gasteiger partial charge in [-0.1, -0.05) is 0 Å². The van der Waals surface area contributed by atoms with Gasteiger partial charge >= 0.3 is 8.72 Å². The van der Waals surface area contributed by atoms with Crippen LogP contribution in [0.25, 0.3) is 0 Å². The largest absolute Gasteiger partial charge is 0.455 e. The highest BCUT2D eigenvalue weighted by atomic mass is 28.4. The van der Waals surface area contributed by atoms with Crippen LogP contribution in [-0.4, -0.2) is 35.4 Å². The van der Waals surface area contributed by atoms with Crippen molar-refractivity contribution in [1.82, 2.24) is 4.98 Å². The van der Waals surface area contributed by atoms with Crippen molar-refractivity contribution in [2.75, 3.05) is 20.8 Å². The summed E-state index contributed by atoms with van der Waals surface area (Å²) in [6, 6.07) is 0. The molecule has 0 aliphatic heterocycles. The summed E-state index contributed by atoms with van der Waals surface area (Å²) in [5.74, 6) is -0.261. The smallest absolute Gasteiger partial charge is 0.382 e. The summed E-state index contributed by atoms with van der Waals surface area (Å²) in [4.78, 5) is 13.4. The lowest BCUT2D eigenvalue weighted by molar-refractivity contribution is -0.118. The number of hydrogen-bond acceptors (Lipinski definition) is 4. The Labute approximate surface area is 67.2 Å². The molecule has 0 unspecified atom stereocenters. The van der Waals surface area contributed by atoms with E-state index < -0.39 is 8.72 Å². The van der Waals surface area contributed by atoms with Crippen molar-refractivity contribution in [1.29, 1.82) is 0 Å². The van der Waals surface area contributed by atoms with Gasteiger partial charge in [0.1, 0.15) is 0 Å². The number of amides is 1. The number of nitrogens with two attached hydrogens (primary N) is 1. The van der Waals surface area contributed by atoms with Crippen molar-refractivity contribution in [3.63, 3.8) is 0 Å². The van der Waals surface area contributed by atoms with Crippen molar-refractivity contribution >= 4 is 14.6 Å². The highest BCUT2D eigenvalue weighted by Gasteiger charge is 2.31. The maximum atomic E-state index is 10.8. The fourth-order valence-corrected chi connectivity index (χ4v) is 1.47. The van der Waals surface area contributed by atoms with Crippen LogP contribution >= 0.6 is 0 Å². The quantitative estimate of drug-likeness (QED) is 0.537. The molecule has 0 saturated heterocycles. The molecule has 66 valence electrons. The summed E-state index contributed by atoms with van der Waals surface area (Å²) in [5, 5.41) is 0. The molecule has 0 aromatic carbocycles. The van der Waals surface area contributed by atoms with E-state index in [9.17, 15) is 4.79 Å². The zero-order valence-corrected chi connectivity index (χ0v) is 8.01. The minimum Gasteiger partial charge on any atom is -0.382 e. The minimum absolute atomic E-state index is 0.0463. The molecule has 1 amide bonds. The monoisotopic (exact) mass is 178 g/mol. The Morgan fingerprint density at radius 3 is 2.27 bits per heavy atom. The van der Waals surface area contributed by atoms with E-state index in [0.717, 1.165) is 0 Å². The predicted molar refractivity (Wildman–Crippen MR) is 42.8 cm³/mol. The molecule has 0 aromatic rings. The van der Waals surface area contributed by atoms with E-state index >= 15 is 0 Å². The van der Waals surface area contributed by atoms with E-state index in [1.165, 1.54) is 14.2 Å². The molecule has 0 atom stereocenters. The molecule has 0 bridgehead atoms. The van der Waals surface area contributed by atoms with Crippen LogP contribution in [0.3, 0.4) is 0 Å². The fraction of sp³-hybridized carbons (Fsp3) is 0.800. The fourth-order valence-electron chi connectivity index (χ4n) is 0.490. The number of carbonyl (C=O) groups excluding carboxylic acids is 1. The molecule has 0 rings (SSSR count). The molecule has 0 aliphatic carbocycles. The van der Waals surface area contributed by atoms with Gasteiger partial charge < -0.3 is 19.6 Å². The van der Waals surface area contributed by atoms with E-state index in [4.69, 9.17) is 14.6 Å². The van der Waals surface area contributed by atoms with E-state index in [1.54, 1.807) is 6.55 Å². The van der Waals surface area contributed by atoms with Crippen LogP contribution in [-0.2, 0) is 13.6 Å². The SMILES string of the molecule is CO[Si](C)(NC(=O)CN)OC. The molecular formula is C5H14N2O3Si. The molecule has 11 heavy (non-hydrogen) atoms. The van der Waals surface area contributed by atoms with Crippen LogP contribution in [0, 0.1) is 0 Å². The summed E-state index contributed by atoms with van der Waals surface area (Å²) in [6.07, 6.45) is 0. The molecule has 6 heteroatoms. The van der Waals surface area contributed by atoms with Gasteiger partial charge in [0, 0.05) is 14.2 Å². The molecule has 0 radical (unpaired) electrons. The van der Waals surface area contributed by atoms with E-state index in [1.807, 2.05) is 0 Å². The first kappa shape index (κ1) is 10.6. The van der Waals surface area contributed by atoms with Gasteiger partial charge in [-0.25, -0.2) is 0 Å². The van der Waals surface area contributed by atoms with E-state index in [2.05, 4.69) is 4.98 Å².